The van der Waals surface area contributed by atoms with E-state index in [0.29, 0.717) is 5.56 Å². The molecular weight excluding hydrogens is 265 g/mol. The summed E-state index contributed by atoms with van der Waals surface area (Å²) < 4.78 is 24.7. The largest absolute Gasteiger partial charge is 0.467 e. The minimum Gasteiger partial charge on any atom is -0.467 e. The summed E-state index contributed by atoms with van der Waals surface area (Å²) in [5.74, 6) is -1.11. The summed E-state index contributed by atoms with van der Waals surface area (Å²) in [5.41, 5.74) is 0.422. The first-order chi connectivity index (χ1) is 9.65. The number of hydrogen-bond acceptors (Lipinski definition) is 5. The molecule has 1 heterocycles. The van der Waals surface area contributed by atoms with E-state index in [1.165, 1.54) is 17.9 Å². The third kappa shape index (κ3) is 2.93. The van der Waals surface area contributed by atoms with Crippen molar-refractivity contribution in [3.63, 3.8) is 0 Å². The van der Waals surface area contributed by atoms with Crippen molar-refractivity contribution in [1.29, 1.82) is 0 Å². The minimum atomic E-state index is -0.641. The zero-order valence-electron chi connectivity index (χ0n) is 11.2. The number of benzene rings is 1. The molecule has 7 heteroatoms. The summed E-state index contributed by atoms with van der Waals surface area (Å²) in [6.07, 6.45) is 0. The van der Waals surface area contributed by atoms with Crippen molar-refractivity contribution in [2.45, 2.75) is 13.5 Å². The van der Waals surface area contributed by atoms with Gasteiger partial charge in [0.2, 0.25) is 0 Å². The van der Waals surface area contributed by atoms with Gasteiger partial charge >= 0.3 is 12.0 Å². The van der Waals surface area contributed by atoms with Crippen LogP contribution >= 0.6 is 0 Å². The van der Waals surface area contributed by atoms with E-state index in [4.69, 9.17) is 9.47 Å². The third-order valence-electron chi connectivity index (χ3n) is 2.56. The highest BCUT2D eigenvalue weighted by Crippen LogP contribution is 2.14. The zero-order chi connectivity index (χ0) is 14.5. The van der Waals surface area contributed by atoms with Gasteiger partial charge in [-0.15, -0.1) is 5.10 Å². The lowest BCUT2D eigenvalue weighted by Crippen LogP contribution is -2.09. The van der Waals surface area contributed by atoms with Gasteiger partial charge in [-0.1, -0.05) is 18.2 Å². The number of carbonyl (C=O) groups excluding carboxylic acids is 1. The Labute approximate surface area is 115 Å². The predicted octanol–water partition coefficient (Wildman–Crippen LogP) is 1.65. The van der Waals surface area contributed by atoms with Gasteiger partial charge in [0.15, 0.2) is 0 Å². The first-order valence-electron chi connectivity index (χ1n) is 6.05. The predicted molar refractivity (Wildman–Crippen MR) is 68.0 cm³/mol. The van der Waals surface area contributed by atoms with E-state index in [9.17, 15) is 9.18 Å². The maximum absolute atomic E-state index is 13.6. The number of aromatic nitrogens is 3. The smallest absolute Gasteiger partial charge is 0.378 e. The molecule has 2 aromatic rings. The van der Waals surface area contributed by atoms with Crippen molar-refractivity contribution in [3.8, 4) is 6.01 Å². The molecule has 6 nitrogen and oxygen atoms in total. The molecule has 1 aromatic carbocycles. The number of halogens is 1. The molecule has 1 aromatic heterocycles. The first-order valence-corrected chi connectivity index (χ1v) is 6.05. The van der Waals surface area contributed by atoms with Crippen LogP contribution < -0.4 is 4.74 Å². The molecule has 0 radical (unpaired) electrons. The van der Waals surface area contributed by atoms with Crippen LogP contribution in [-0.2, 0) is 11.3 Å². The van der Waals surface area contributed by atoms with E-state index in [0.717, 1.165) is 0 Å². The maximum atomic E-state index is 13.6. The van der Waals surface area contributed by atoms with Gasteiger partial charge in [0, 0.05) is 5.56 Å². The molecule has 0 spiro atoms. The van der Waals surface area contributed by atoms with Crippen LogP contribution in [0.5, 0.6) is 6.01 Å². The van der Waals surface area contributed by atoms with Crippen molar-refractivity contribution in [1.82, 2.24) is 14.8 Å². The SMILES string of the molecule is CCOC(=O)c1nc(OC)n(Cc2ccccc2F)n1. The van der Waals surface area contributed by atoms with Gasteiger partial charge in [0.25, 0.3) is 5.82 Å². The monoisotopic (exact) mass is 279 g/mol. The molecule has 0 saturated heterocycles. The third-order valence-corrected chi connectivity index (χ3v) is 2.56. The molecule has 0 atom stereocenters. The Balaban J connectivity index is 2.27. The topological polar surface area (TPSA) is 66.2 Å². The maximum Gasteiger partial charge on any atom is 0.378 e. The van der Waals surface area contributed by atoms with Crippen LogP contribution in [0, 0.1) is 5.82 Å². The van der Waals surface area contributed by atoms with Gasteiger partial charge in [-0.2, -0.15) is 4.98 Å². The van der Waals surface area contributed by atoms with Crippen LogP contribution in [-0.4, -0.2) is 34.5 Å². The molecule has 0 aliphatic heterocycles. The highest BCUT2D eigenvalue weighted by molar-refractivity contribution is 5.85. The number of rotatable bonds is 5. The van der Waals surface area contributed by atoms with E-state index < -0.39 is 5.97 Å². The Morgan fingerprint density at radius 2 is 2.15 bits per heavy atom. The molecule has 2 rings (SSSR count). The lowest BCUT2D eigenvalue weighted by molar-refractivity contribution is 0.0511. The number of esters is 1. The molecule has 0 saturated carbocycles. The quantitative estimate of drug-likeness (QED) is 0.779. The lowest BCUT2D eigenvalue weighted by Gasteiger charge is -2.05. The molecular formula is C13H14FN3O3. The average molecular weight is 279 g/mol. The van der Waals surface area contributed by atoms with Crippen molar-refractivity contribution < 1.29 is 18.7 Å². The van der Waals surface area contributed by atoms with E-state index in [-0.39, 0.29) is 30.8 Å². The second-order valence-corrected chi connectivity index (χ2v) is 3.89. The average Bonchev–Trinajstić information content (AvgIpc) is 2.85. The molecule has 0 fully saturated rings. The van der Waals surface area contributed by atoms with Crippen LogP contribution in [0.2, 0.25) is 0 Å². The Morgan fingerprint density at radius 1 is 1.40 bits per heavy atom. The number of hydrogen-bond donors (Lipinski definition) is 0. The van der Waals surface area contributed by atoms with Crippen molar-refractivity contribution in [2.75, 3.05) is 13.7 Å². The summed E-state index contributed by atoms with van der Waals surface area (Å²) in [6.45, 7) is 2.02. The van der Waals surface area contributed by atoms with Crippen LogP contribution in [0.3, 0.4) is 0 Å². The fraction of sp³-hybridized carbons (Fsp3) is 0.308. The molecule has 0 N–H and O–H groups in total. The van der Waals surface area contributed by atoms with E-state index in [1.807, 2.05) is 0 Å². The number of methoxy groups -OCH3 is 1. The van der Waals surface area contributed by atoms with Crippen molar-refractivity contribution in [2.24, 2.45) is 0 Å². The van der Waals surface area contributed by atoms with Crippen LogP contribution in [0.4, 0.5) is 4.39 Å². The van der Waals surface area contributed by atoms with Crippen LogP contribution in [0.1, 0.15) is 23.1 Å². The molecule has 106 valence electrons. The number of nitrogens with zero attached hydrogens (tertiary/aromatic N) is 3. The molecule has 0 unspecified atom stereocenters. The Kier molecular flexibility index (Phi) is 4.29. The molecule has 0 aliphatic carbocycles. The second-order valence-electron chi connectivity index (χ2n) is 3.89. The van der Waals surface area contributed by atoms with Gasteiger partial charge in [-0.3, -0.25) is 0 Å². The van der Waals surface area contributed by atoms with Gasteiger partial charge in [-0.05, 0) is 13.0 Å². The Hall–Kier alpha value is -2.44. The summed E-state index contributed by atoms with van der Waals surface area (Å²) in [7, 11) is 1.40. The van der Waals surface area contributed by atoms with Gasteiger partial charge in [0.1, 0.15) is 5.82 Å². The first kappa shape index (κ1) is 14.0. The van der Waals surface area contributed by atoms with E-state index >= 15 is 0 Å². The molecule has 20 heavy (non-hydrogen) atoms. The number of carbonyl (C=O) groups is 1. The van der Waals surface area contributed by atoms with Crippen molar-refractivity contribution in [3.05, 3.63) is 41.5 Å². The standard InChI is InChI=1S/C13H14FN3O3/c1-3-20-12(18)11-15-13(19-2)17(16-11)8-9-6-4-5-7-10(9)14/h4-7H,3,8H2,1-2H3. The zero-order valence-corrected chi connectivity index (χ0v) is 11.2. The Morgan fingerprint density at radius 3 is 2.80 bits per heavy atom. The fourth-order valence-electron chi connectivity index (χ4n) is 1.65. The highest BCUT2D eigenvalue weighted by atomic mass is 19.1. The molecule has 0 amide bonds. The van der Waals surface area contributed by atoms with Crippen molar-refractivity contribution >= 4 is 5.97 Å². The van der Waals surface area contributed by atoms with E-state index in [1.54, 1.807) is 25.1 Å². The molecule has 0 aliphatic rings. The fourth-order valence-corrected chi connectivity index (χ4v) is 1.65. The number of ether oxygens (including phenoxy) is 2. The summed E-state index contributed by atoms with van der Waals surface area (Å²) in [5, 5.41) is 3.98. The second kappa shape index (κ2) is 6.14. The molecule has 0 bridgehead atoms. The minimum absolute atomic E-state index is 0.111. The summed E-state index contributed by atoms with van der Waals surface area (Å²) in [6, 6.07) is 6.41. The normalized spacial score (nSPS) is 10.3. The van der Waals surface area contributed by atoms with Gasteiger partial charge < -0.3 is 9.47 Å². The van der Waals surface area contributed by atoms with Crippen LogP contribution in [0.25, 0.3) is 0 Å². The van der Waals surface area contributed by atoms with Crippen LogP contribution in [0.15, 0.2) is 24.3 Å². The van der Waals surface area contributed by atoms with E-state index in [2.05, 4.69) is 10.1 Å². The highest BCUT2D eigenvalue weighted by Gasteiger charge is 2.18. The van der Waals surface area contributed by atoms with Gasteiger partial charge in [0.05, 0.1) is 20.3 Å². The van der Waals surface area contributed by atoms with Gasteiger partial charge in [-0.25, -0.2) is 13.9 Å². The summed E-state index contributed by atoms with van der Waals surface area (Å²) in [4.78, 5) is 15.5. The Bertz CT molecular complexity index is 613. The summed E-state index contributed by atoms with van der Waals surface area (Å²) >= 11 is 0. The lowest BCUT2D eigenvalue weighted by atomic mass is 10.2.